The van der Waals surface area contributed by atoms with Crippen molar-refractivity contribution in [2.75, 3.05) is 27.6 Å². The standard InChI is InChI=1S/C11H11NO7/c1-16-8-3-6(7(13)4-12(14)15)9(17-2)11-10(8)18-5-19-11/h3H,4-5H2,1-2H3. The number of carbonyl (C=O) groups excluding carboxylic acids is 1. The van der Waals surface area contributed by atoms with Crippen LogP contribution in [-0.4, -0.2) is 38.3 Å². The molecule has 0 spiro atoms. The van der Waals surface area contributed by atoms with Gasteiger partial charge in [0.2, 0.25) is 24.1 Å². The first kappa shape index (κ1) is 12.9. The van der Waals surface area contributed by atoms with E-state index in [0.717, 1.165) is 0 Å². The summed E-state index contributed by atoms with van der Waals surface area (Å²) in [6, 6.07) is 1.35. The first-order chi connectivity index (χ1) is 9.08. The minimum Gasteiger partial charge on any atom is -0.493 e. The Morgan fingerprint density at radius 2 is 2.05 bits per heavy atom. The predicted octanol–water partition coefficient (Wildman–Crippen LogP) is 0.892. The molecule has 102 valence electrons. The van der Waals surface area contributed by atoms with Crippen molar-refractivity contribution in [3.05, 3.63) is 21.7 Å². The summed E-state index contributed by atoms with van der Waals surface area (Å²) in [6.45, 7) is -0.867. The highest BCUT2D eigenvalue weighted by Crippen LogP contribution is 2.49. The Morgan fingerprint density at radius 1 is 1.37 bits per heavy atom. The summed E-state index contributed by atoms with van der Waals surface area (Å²) in [4.78, 5) is 21.5. The summed E-state index contributed by atoms with van der Waals surface area (Å²) in [7, 11) is 2.73. The van der Waals surface area contributed by atoms with E-state index in [-0.39, 0.29) is 29.6 Å². The van der Waals surface area contributed by atoms with Gasteiger partial charge in [-0.1, -0.05) is 0 Å². The summed E-state index contributed by atoms with van der Waals surface area (Å²) in [5, 5.41) is 10.4. The second-order valence-corrected chi connectivity index (χ2v) is 3.64. The minimum atomic E-state index is -0.834. The molecular formula is C11H11NO7. The molecule has 0 N–H and O–H groups in total. The molecule has 8 nitrogen and oxygen atoms in total. The molecule has 0 saturated carbocycles. The number of ketones is 1. The average molecular weight is 269 g/mol. The number of hydrogen-bond donors (Lipinski definition) is 0. The monoisotopic (exact) mass is 269 g/mol. The van der Waals surface area contributed by atoms with Crippen LogP contribution in [0.15, 0.2) is 6.07 Å². The Hall–Kier alpha value is -2.51. The van der Waals surface area contributed by atoms with E-state index in [4.69, 9.17) is 18.9 Å². The highest BCUT2D eigenvalue weighted by Gasteiger charge is 2.30. The van der Waals surface area contributed by atoms with Crippen LogP contribution in [0.3, 0.4) is 0 Å². The zero-order valence-electron chi connectivity index (χ0n) is 10.3. The Bertz CT molecular complexity index is 540. The van der Waals surface area contributed by atoms with Gasteiger partial charge < -0.3 is 18.9 Å². The molecule has 1 aromatic carbocycles. The first-order valence-corrected chi connectivity index (χ1v) is 5.28. The van der Waals surface area contributed by atoms with Crippen LogP contribution >= 0.6 is 0 Å². The second kappa shape index (κ2) is 5.01. The second-order valence-electron chi connectivity index (χ2n) is 3.64. The van der Waals surface area contributed by atoms with Crippen LogP contribution < -0.4 is 18.9 Å². The van der Waals surface area contributed by atoms with E-state index in [0.29, 0.717) is 5.75 Å². The largest absolute Gasteiger partial charge is 0.493 e. The fraction of sp³-hybridized carbons (Fsp3) is 0.364. The number of nitrogens with zero attached hydrogens (tertiary/aromatic N) is 1. The zero-order chi connectivity index (χ0) is 14.0. The highest BCUT2D eigenvalue weighted by atomic mass is 16.7. The van der Waals surface area contributed by atoms with Crippen LogP contribution in [0.5, 0.6) is 23.0 Å². The lowest BCUT2D eigenvalue weighted by molar-refractivity contribution is -0.465. The maximum Gasteiger partial charge on any atom is 0.265 e. The van der Waals surface area contributed by atoms with Crippen molar-refractivity contribution in [2.45, 2.75) is 0 Å². The Labute approximate surface area is 108 Å². The van der Waals surface area contributed by atoms with Crippen molar-refractivity contribution in [1.82, 2.24) is 0 Å². The van der Waals surface area contributed by atoms with Crippen molar-refractivity contribution >= 4 is 5.78 Å². The summed E-state index contributed by atoms with van der Waals surface area (Å²) in [6.07, 6.45) is 0. The van der Waals surface area contributed by atoms with Gasteiger partial charge in [-0.25, -0.2) is 0 Å². The van der Waals surface area contributed by atoms with Crippen molar-refractivity contribution in [1.29, 1.82) is 0 Å². The van der Waals surface area contributed by atoms with E-state index in [1.807, 2.05) is 0 Å². The molecule has 0 unspecified atom stereocenters. The lowest BCUT2D eigenvalue weighted by Crippen LogP contribution is -2.15. The molecule has 0 aromatic heterocycles. The Balaban J connectivity index is 2.54. The van der Waals surface area contributed by atoms with Gasteiger partial charge in [0.15, 0.2) is 11.5 Å². The summed E-state index contributed by atoms with van der Waals surface area (Å²) in [5.41, 5.74) is 0.0281. The lowest BCUT2D eigenvalue weighted by Gasteiger charge is -2.12. The van der Waals surface area contributed by atoms with E-state index in [1.165, 1.54) is 20.3 Å². The van der Waals surface area contributed by atoms with Gasteiger partial charge in [-0.3, -0.25) is 14.9 Å². The number of benzene rings is 1. The molecule has 8 heteroatoms. The number of ether oxygens (including phenoxy) is 4. The van der Waals surface area contributed by atoms with Crippen LogP contribution in [0.2, 0.25) is 0 Å². The highest BCUT2D eigenvalue weighted by molar-refractivity contribution is 6.01. The van der Waals surface area contributed by atoms with Crippen molar-refractivity contribution in [3.8, 4) is 23.0 Å². The third-order valence-electron chi connectivity index (χ3n) is 2.56. The molecule has 0 amide bonds. The smallest absolute Gasteiger partial charge is 0.265 e. The van der Waals surface area contributed by atoms with Gasteiger partial charge in [0, 0.05) is 4.92 Å². The van der Waals surface area contributed by atoms with E-state index in [2.05, 4.69) is 0 Å². The fourth-order valence-corrected chi connectivity index (χ4v) is 1.78. The molecule has 0 fully saturated rings. The summed E-state index contributed by atoms with van der Waals surface area (Å²) < 4.78 is 20.6. The molecule has 1 aliphatic heterocycles. The number of methoxy groups -OCH3 is 2. The van der Waals surface area contributed by atoms with Crippen LogP contribution in [0.1, 0.15) is 10.4 Å². The number of fused-ring (bicyclic) bond motifs is 1. The summed E-state index contributed by atoms with van der Waals surface area (Å²) >= 11 is 0. The number of rotatable bonds is 5. The predicted molar refractivity (Wildman–Crippen MR) is 61.9 cm³/mol. The Kier molecular flexibility index (Phi) is 3.41. The molecule has 1 heterocycles. The molecule has 0 radical (unpaired) electrons. The number of Topliss-reactive ketones (excluding diaryl/α,β-unsaturated/α-hetero) is 1. The Morgan fingerprint density at radius 3 is 2.63 bits per heavy atom. The van der Waals surface area contributed by atoms with Gasteiger partial charge in [0.05, 0.1) is 19.8 Å². The van der Waals surface area contributed by atoms with E-state index in [9.17, 15) is 14.9 Å². The normalized spacial score (nSPS) is 12.1. The van der Waals surface area contributed by atoms with Gasteiger partial charge in [-0.05, 0) is 6.07 Å². The molecular weight excluding hydrogens is 258 g/mol. The topological polar surface area (TPSA) is 97.1 Å². The van der Waals surface area contributed by atoms with Gasteiger partial charge in [-0.2, -0.15) is 0 Å². The molecule has 0 aliphatic carbocycles. The molecule has 2 rings (SSSR count). The van der Waals surface area contributed by atoms with Crippen molar-refractivity contribution in [3.63, 3.8) is 0 Å². The third kappa shape index (κ3) is 2.24. The molecule has 1 aliphatic rings. The van der Waals surface area contributed by atoms with E-state index >= 15 is 0 Å². The first-order valence-electron chi connectivity index (χ1n) is 5.28. The van der Waals surface area contributed by atoms with Gasteiger partial charge in [0.1, 0.15) is 0 Å². The van der Waals surface area contributed by atoms with Crippen LogP contribution in [0.25, 0.3) is 0 Å². The molecule has 0 bridgehead atoms. The third-order valence-corrected chi connectivity index (χ3v) is 2.56. The molecule has 0 atom stereocenters. The lowest BCUT2D eigenvalue weighted by atomic mass is 10.1. The molecule has 0 saturated heterocycles. The van der Waals surface area contributed by atoms with Crippen molar-refractivity contribution in [2.24, 2.45) is 0 Å². The van der Waals surface area contributed by atoms with Crippen LogP contribution in [0, 0.1) is 10.1 Å². The maximum absolute atomic E-state index is 11.8. The van der Waals surface area contributed by atoms with Gasteiger partial charge in [-0.15, -0.1) is 0 Å². The SMILES string of the molecule is COc1cc(C(=O)C[N+](=O)[O-])c(OC)c2c1OCO2. The maximum atomic E-state index is 11.8. The number of nitro groups is 1. The van der Waals surface area contributed by atoms with Gasteiger partial charge >= 0.3 is 0 Å². The number of carbonyl (C=O) groups is 1. The van der Waals surface area contributed by atoms with Crippen LogP contribution in [0.4, 0.5) is 0 Å². The average Bonchev–Trinajstić information content (AvgIpc) is 2.84. The molecule has 1 aromatic rings. The van der Waals surface area contributed by atoms with E-state index in [1.54, 1.807) is 0 Å². The number of hydrogen-bond acceptors (Lipinski definition) is 7. The zero-order valence-corrected chi connectivity index (χ0v) is 10.3. The van der Waals surface area contributed by atoms with E-state index < -0.39 is 17.3 Å². The summed E-state index contributed by atoms with van der Waals surface area (Å²) in [5.74, 6) is 0.212. The quantitative estimate of drug-likeness (QED) is 0.444. The van der Waals surface area contributed by atoms with Crippen LogP contribution in [-0.2, 0) is 0 Å². The molecule has 19 heavy (non-hydrogen) atoms. The minimum absolute atomic E-state index is 0.0281. The van der Waals surface area contributed by atoms with Crippen molar-refractivity contribution < 1.29 is 28.7 Å². The van der Waals surface area contributed by atoms with Gasteiger partial charge in [0.25, 0.3) is 6.54 Å². The fourth-order valence-electron chi connectivity index (χ4n) is 1.78.